The molecule has 0 radical (unpaired) electrons. The standard InChI is InChI=1S/C15H21IN2/c16-14-3-1-12(2-4-14)9-17-10-13-7-8-18(11-13)15-5-6-15/h1-4,13,15,17H,5-11H2. The van der Waals surface area contributed by atoms with Crippen molar-refractivity contribution in [3.8, 4) is 0 Å². The maximum atomic E-state index is 3.61. The summed E-state index contributed by atoms with van der Waals surface area (Å²) in [5.41, 5.74) is 1.40. The Kier molecular flexibility index (Phi) is 4.21. The second-order valence-electron chi connectivity index (χ2n) is 5.64. The minimum absolute atomic E-state index is 0.870. The molecular formula is C15H21IN2. The molecule has 0 bridgehead atoms. The molecule has 2 fully saturated rings. The highest BCUT2D eigenvalue weighted by Gasteiger charge is 2.33. The van der Waals surface area contributed by atoms with E-state index in [1.807, 2.05) is 0 Å². The zero-order valence-electron chi connectivity index (χ0n) is 10.7. The van der Waals surface area contributed by atoms with Gasteiger partial charge in [-0.2, -0.15) is 0 Å². The van der Waals surface area contributed by atoms with E-state index in [4.69, 9.17) is 0 Å². The van der Waals surface area contributed by atoms with Crippen LogP contribution < -0.4 is 5.32 Å². The van der Waals surface area contributed by atoms with Crippen LogP contribution in [-0.4, -0.2) is 30.6 Å². The quantitative estimate of drug-likeness (QED) is 0.817. The van der Waals surface area contributed by atoms with E-state index in [0.717, 1.165) is 18.5 Å². The Balaban J connectivity index is 1.38. The van der Waals surface area contributed by atoms with Crippen molar-refractivity contribution in [2.45, 2.75) is 31.8 Å². The molecule has 0 amide bonds. The van der Waals surface area contributed by atoms with Crippen LogP contribution in [0, 0.1) is 9.49 Å². The second-order valence-corrected chi connectivity index (χ2v) is 6.88. The van der Waals surface area contributed by atoms with Gasteiger partial charge in [-0.25, -0.2) is 0 Å². The van der Waals surface area contributed by atoms with E-state index >= 15 is 0 Å². The van der Waals surface area contributed by atoms with Gasteiger partial charge in [0, 0.05) is 22.7 Å². The smallest absolute Gasteiger partial charge is 0.0205 e. The van der Waals surface area contributed by atoms with Crippen LogP contribution in [0.2, 0.25) is 0 Å². The van der Waals surface area contributed by atoms with Gasteiger partial charge < -0.3 is 10.2 Å². The molecule has 1 aromatic carbocycles. The van der Waals surface area contributed by atoms with Gasteiger partial charge in [0.15, 0.2) is 0 Å². The first kappa shape index (κ1) is 12.9. The molecule has 1 N–H and O–H groups in total. The molecule has 0 aromatic heterocycles. The van der Waals surface area contributed by atoms with Crippen molar-refractivity contribution in [1.29, 1.82) is 0 Å². The molecule has 1 aliphatic heterocycles. The van der Waals surface area contributed by atoms with Gasteiger partial charge in [-0.3, -0.25) is 0 Å². The van der Waals surface area contributed by atoms with Crippen molar-refractivity contribution < 1.29 is 0 Å². The minimum Gasteiger partial charge on any atom is -0.312 e. The third kappa shape index (κ3) is 3.45. The molecule has 1 unspecified atom stereocenters. The molecular weight excluding hydrogens is 335 g/mol. The van der Waals surface area contributed by atoms with Gasteiger partial charge in [0.05, 0.1) is 0 Å². The predicted octanol–water partition coefficient (Wildman–Crippen LogP) is 2.87. The number of benzene rings is 1. The Bertz CT molecular complexity index is 386. The number of rotatable bonds is 5. The first-order valence-corrected chi connectivity index (χ1v) is 8.08. The summed E-state index contributed by atoms with van der Waals surface area (Å²) >= 11 is 2.35. The van der Waals surface area contributed by atoms with Crippen LogP contribution in [0.25, 0.3) is 0 Å². The number of nitrogens with one attached hydrogen (secondary N) is 1. The lowest BCUT2D eigenvalue weighted by molar-refractivity contribution is 0.312. The summed E-state index contributed by atoms with van der Waals surface area (Å²) in [4.78, 5) is 2.69. The number of halogens is 1. The lowest BCUT2D eigenvalue weighted by Crippen LogP contribution is -2.27. The Morgan fingerprint density at radius 3 is 2.67 bits per heavy atom. The summed E-state index contributed by atoms with van der Waals surface area (Å²) in [6, 6.07) is 9.76. The topological polar surface area (TPSA) is 15.3 Å². The van der Waals surface area contributed by atoms with Crippen molar-refractivity contribution in [2.75, 3.05) is 19.6 Å². The van der Waals surface area contributed by atoms with E-state index in [2.05, 4.69) is 57.1 Å². The fraction of sp³-hybridized carbons (Fsp3) is 0.600. The van der Waals surface area contributed by atoms with Gasteiger partial charge in [-0.15, -0.1) is 0 Å². The van der Waals surface area contributed by atoms with Gasteiger partial charge in [0.2, 0.25) is 0 Å². The molecule has 1 atom stereocenters. The van der Waals surface area contributed by atoms with Gasteiger partial charge in [0.25, 0.3) is 0 Å². The molecule has 1 saturated heterocycles. The Morgan fingerprint density at radius 1 is 1.17 bits per heavy atom. The Morgan fingerprint density at radius 2 is 1.94 bits per heavy atom. The summed E-state index contributed by atoms with van der Waals surface area (Å²) in [6.45, 7) is 4.84. The van der Waals surface area contributed by atoms with E-state index in [-0.39, 0.29) is 0 Å². The van der Waals surface area contributed by atoms with E-state index in [1.54, 1.807) is 0 Å². The zero-order valence-corrected chi connectivity index (χ0v) is 12.9. The fourth-order valence-electron chi connectivity index (χ4n) is 2.82. The predicted molar refractivity (Wildman–Crippen MR) is 83.6 cm³/mol. The molecule has 18 heavy (non-hydrogen) atoms. The number of nitrogens with zero attached hydrogens (tertiary/aromatic N) is 1. The monoisotopic (exact) mass is 356 g/mol. The van der Waals surface area contributed by atoms with Gasteiger partial charge in [-0.05, 0) is 78.6 Å². The highest BCUT2D eigenvalue weighted by atomic mass is 127. The Hall–Kier alpha value is -0.130. The Labute approximate surface area is 123 Å². The summed E-state index contributed by atoms with van der Waals surface area (Å²) in [7, 11) is 0. The van der Waals surface area contributed by atoms with Crippen molar-refractivity contribution >= 4 is 22.6 Å². The molecule has 1 aliphatic carbocycles. The number of likely N-dealkylation sites (tertiary alicyclic amines) is 1. The van der Waals surface area contributed by atoms with Crippen LogP contribution in [0.1, 0.15) is 24.8 Å². The fourth-order valence-corrected chi connectivity index (χ4v) is 3.18. The zero-order chi connectivity index (χ0) is 12.4. The van der Waals surface area contributed by atoms with Gasteiger partial charge >= 0.3 is 0 Å². The highest BCUT2D eigenvalue weighted by molar-refractivity contribution is 14.1. The summed E-state index contributed by atoms with van der Waals surface area (Å²) in [5, 5.41) is 3.61. The van der Waals surface area contributed by atoms with Crippen molar-refractivity contribution in [2.24, 2.45) is 5.92 Å². The molecule has 1 saturated carbocycles. The summed E-state index contributed by atoms with van der Waals surface area (Å²) in [5.74, 6) is 0.870. The highest BCUT2D eigenvalue weighted by Crippen LogP contribution is 2.31. The van der Waals surface area contributed by atoms with E-state index in [1.165, 1.54) is 48.0 Å². The van der Waals surface area contributed by atoms with E-state index in [0.29, 0.717) is 0 Å². The molecule has 2 aliphatic rings. The maximum absolute atomic E-state index is 3.61. The summed E-state index contributed by atoms with van der Waals surface area (Å²) < 4.78 is 1.31. The van der Waals surface area contributed by atoms with Crippen molar-refractivity contribution in [3.05, 3.63) is 33.4 Å². The van der Waals surface area contributed by atoms with Crippen LogP contribution >= 0.6 is 22.6 Å². The molecule has 3 rings (SSSR count). The molecule has 0 spiro atoms. The van der Waals surface area contributed by atoms with Crippen LogP contribution in [0.5, 0.6) is 0 Å². The minimum atomic E-state index is 0.870. The maximum Gasteiger partial charge on any atom is 0.0205 e. The third-order valence-corrected chi connectivity index (χ3v) is 4.78. The average molecular weight is 356 g/mol. The van der Waals surface area contributed by atoms with Crippen molar-refractivity contribution in [3.63, 3.8) is 0 Å². The number of hydrogen-bond donors (Lipinski definition) is 1. The average Bonchev–Trinajstić information content (AvgIpc) is 3.12. The first-order valence-electron chi connectivity index (χ1n) is 7.00. The second kappa shape index (κ2) is 5.88. The number of hydrogen-bond acceptors (Lipinski definition) is 2. The van der Waals surface area contributed by atoms with Crippen LogP contribution in [0.15, 0.2) is 24.3 Å². The normalized spacial score (nSPS) is 24.6. The lowest BCUT2D eigenvalue weighted by atomic mass is 10.1. The summed E-state index contributed by atoms with van der Waals surface area (Å²) in [6.07, 6.45) is 4.28. The first-order chi connectivity index (χ1) is 8.81. The molecule has 1 heterocycles. The van der Waals surface area contributed by atoms with Crippen molar-refractivity contribution in [1.82, 2.24) is 10.2 Å². The SMILES string of the molecule is Ic1ccc(CNCC2CCN(C3CC3)C2)cc1. The van der Waals surface area contributed by atoms with E-state index < -0.39 is 0 Å². The van der Waals surface area contributed by atoms with E-state index in [9.17, 15) is 0 Å². The largest absolute Gasteiger partial charge is 0.312 e. The lowest BCUT2D eigenvalue weighted by Gasteiger charge is -2.15. The van der Waals surface area contributed by atoms with Gasteiger partial charge in [-0.1, -0.05) is 12.1 Å². The molecule has 1 aromatic rings. The molecule has 98 valence electrons. The molecule has 3 heteroatoms. The van der Waals surface area contributed by atoms with Crippen LogP contribution in [0.4, 0.5) is 0 Å². The van der Waals surface area contributed by atoms with Gasteiger partial charge in [0.1, 0.15) is 0 Å². The third-order valence-electron chi connectivity index (χ3n) is 4.06. The molecule has 2 nitrogen and oxygen atoms in total. The van der Waals surface area contributed by atoms with Crippen LogP contribution in [0.3, 0.4) is 0 Å². The van der Waals surface area contributed by atoms with Crippen LogP contribution in [-0.2, 0) is 6.54 Å².